The number of carbonyl (C=O) groups is 1. The smallest absolute Gasteiger partial charge is 0.251 e. The lowest BCUT2D eigenvalue weighted by molar-refractivity contribution is 0.0909. The third kappa shape index (κ3) is 4.81. The fourth-order valence-corrected chi connectivity index (χ4v) is 5.37. The van der Waals surface area contributed by atoms with E-state index in [0.29, 0.717) is 5.56 Å². The van der Waals surface area contributed by atoms with Crippen molar-refractivity contribution < 1.29 is 13.2 Å². The molecule has 0 radical (unpaired) electrons. The molecule has 2 N–H and O–H groups in total. The van der Waals surface area contributed by atoms with E-state index >= 15 is 0 Å². The van der Waals surface area contributed by atoms with Gasteiger partial charge < -0.3 is 10.2 Å². The minimum Gasteiger partial charge on any atom is -0.349 e. The van der Waals surface area contributed by atoms with Crippen LogP contribution in [0.25, 0.3) is 0 Å². The van der Waals surface area contributed by atoms with E-state index in [1.165, 1.54) is 36.3 Å². The summed E-state index contributed by atoms with van der Waals surface area (Å²) in [6.45, 7) is 2.29. The summed E-state index contributed by atoms with van der Waals surface area (Å²) in [5.41, 5.74) is 0.378. The molecule has 2 aliphatic rings. The molecule has 28 heavy (non-hydrogen) atoms. The number of hydrogen-bond donors (Lipinski definition) is 2. The van der Waals surface area contributed by atoms with E-state index in [0.717, 1.165) is 36.9 Å². The number of rotatable bonds is 7. The Labute approximate surface area is 170 Å². The molecule has 2 aromatic rings. The van der Waals surface area contributed by atoms with E-state index in [2.05, 4.69) is 14.9 Å². The normalized spacial score (nSPS) is 18.9. The number of likely N-dealkylation sites (tertiary alicyclic amines) is 1. The molecule has 1 aliphatic heterocycles. The summed E-state index contributed by atoms with van der Waals surface area (Å²) in [5.74, 6) is -0.208. The van der Waals surface area contributed by atoms with Gasteiger partial charge in [0.2, 0.25) is 10.0 Å². The lowest BCUT2D eigenvalue weighted by Gasteiger charge is -2.32. The van der Waals surface area contributed by atoms with Crippen molar-refractivity contribution in [2.75, 3.05) is 13.1 Å². The van der Waals surface area contributed by atoms with Gasteiger partial charge in [0.25, 0.3) is 5.91 Å². The molecule has 1 amide bonds. The SMILES string of the molecule is O=C(NC1CCN(C2CC2)CC1)c1cccc(S(=O)(=O)NCc2cccs2)c1. The molecule has 2 fully saturated rings. The van der Waals surface area contributed by atoms with Crippen molar-refractivity contribution in [3.05, 3.63) is 52.2 Å². The van der Waals surface area contributed by atoms with Gasteiger partial charge in [0.15, 0.2) is 0 Å². The van der Waals surface area contributed by atoms with Crippen LogP contribution in [0, 0.1) is 0 Å². The van der Waals surface area contributed by atoms with Crippen molar-refractivity contribution in [1.82, 2.24) is 14.9 Å². The summed E-state index contributed by atoms with van der Waals surface area (Å²) in [4.78, 5) is 16.2. The fourth-order valence-electron chi connectivity index (χ4n) is 3.58. The average Bonchev–Trinajstić information content (AvgIpc) is 3.42. The predicted octanol–water partition coefficient (Wildman–Crippen LogP) is 2.58. The Morgan fingerprint density at radius 1 is 1.11 bits per heavy atom. The molecule has 1 saturated heterocycles. The van der Waals surface area contributed by atoms with Gasteiger partial charge in [-0.2, -0.15) is 0 Å². The van der Waals surface area contributed by atoms with Gasteiger partial charge in [-0.15, -0.1) is 11.3 Å². The molecule has 8 heteroatoms. The van der Waals surface area contributed by atoms with Crippen molar-refractivity contribution in [2.24, 2.45) is 0 Å². The van der Waals surface area contributed by atoms with E-state index in [1.54, 1.807) is 12.1 Å². The Morgan fingerprint density at radius 2 is 1.89 bits per heavy atom. The molecule has 1 aromatic carbocycles. The maximum atomic E-state index is 12.6. The first kappa shape index (κ1) is 19.6. The number of hydrogen-bond acceptors (Lipinski definition) is 5. The summed E-state index contributed by atoms with van der Waals surface area (Å²) in [6, 6.07) is 10.9. The van der Waals surface area contributed by atoms with Gasteiger partial charge in [-0.3, -0.25) is 4.79 Å². The van der Waals surface area contributed by atoms with Crippen molar-refractivity contribution in [3.63, 3.8) is 0 Å². The van der Waals surface area contributed by atoms with Gasteiger partial charge in [-0.05, 0) is 55.3 Å². The Bertz CT molecular complexity index is 916. The molecular weight excluding hydrogens is 394 g/mol. The maximum absolute atomic E-state index is 12.6. The number of sulfonamides is 1. The molecule has 2 heterocycles. The minimum absolute atomic E-state index is 0.111. The van der Waals surface area contributed by atoms with E-state index in [-0.39, 0.29) is 23.4 Å². The Morgan fingerprint density at radius 3 is 2.57 bits per heavy atom. The zero-order valence-corrected chi connectivity index (χ0v) is 17.3. The largest absolute Gasteiger partial charge is 0.349 e. The molecule has 1 aromatic heterocycles. The van der Waals surface area contributed by atoms with Gasteiger partial charge in [0.1, 0.15) is 0 Å². The maximum Gasteiger partial charge on any atom is 0.251 e. The van der Waals surface area contributed by atoms with E-state index in [1.807, 2.05) is 17.5 Å². The molecule has 1 saturated carbocycles. The van der Waals surface area contributed by atoms with Crippen LogP contribution in [0.15, 0.2) is 46.7 Å². The van der Waals surface area contributed by atoms with E-state index in [4.69, 9.17) is 0 Å². The molecule has 1 aliphatic carbocycles. The second kappa shape index (κ2) is 8.32. The molecule has 4 rings (SSSR count). The van der Waals surface area contributed by atoms with Crippen molar-refractivity contribution in [1.29, 1.82) is 0 Å². The summed E-state index contributed by atoms with van der Waals surface area (Å²) >= 11 is 1.50. The molecule has 0 unspecified atom stereocenters. The molecule has 0 bridgehead atoms. The zero-order chi connectivity index (χ0) is 19.6. The highest BCUT2D eigenvalue weighted by Crippen LogP contribution is 2.29. The number of nitrogens with zero attached hydrogens (tertiary/aromatic N) is 1. The van der Waals surface area contributed by atoms with Crippen LogP contribution in [0.3, 0.4) is 0 Å². The Balaban J connectivity index is 1.36. The molecule has 0 spiro atoms. The summed E-state index contributed by atoms with van der Waals surface area (Å²) in [6.07, 6.45) is 4.50. The summed E-state index contributed by atoms with van der Waals surface area (Å²) in [7, 11) is -3.67. The van der Waals surface area contributed by atoms with Gasteiger partial charge in [-0.25, -0.2) is 13.1 Å². The average molecular weight is 420 g/mol. The second-order valence-corrected chi connectivity index (χ2v) is 10.2. The Hall–Kier alpha value is -1.74. The van der Waals surface area contributed by atoms with Crippen LogP contribution in [0.1, 0.15) is 40.9 Å². The quantitative estimate of drug-likeness (QED) is 0.723. The highest BCUT2D eigenvalue weighted by molar-refractivity contribution is 7.89. The molecule has 6 nitrogen and oxygen atoms in total. The number of piperidine rings is 1. The monoisotopic (exact) mass is 419 g/mol. The first-order chi connectivity index (χ1) is 13.5. The summed E-state index contributed by atoms with van der Waals surface area (Å²) in [5, 5.41) is 4.98. The van der Waals surface area contributed by atoms with Crippen LogP contribution < -0.4 is 10.0 Å². The Kier molecular flexibility index (Phi) is 5.82. The topological polar surface area (TPSA) is 78.5 Å². The van der Waals surface area contributed by atoms with Crippen molar-refractivity contribution >= 4 is 27.3 Å². The third-order valence-electron chi connectivity index (χ3n) is 5.35. The number of amides is 1. The van der Waals surface area contributed by atoms with E-state index < -0.39 is 10.0 Å². The van der Waals surface area contributed by atoms with Crippen molar-refractivity contribution in [3.8, 4) is 0 Å². The van der Waals surface area contributed by atoms with Gasteiger partial charge >= 0.3 is 0 Å². The van der Waals surface area contributed by atoms with Gasteiger partial charge in [0, 0.05) is 42.2 Å². The van der Waals surface area contributed by atoms with Crippen LogP contribution in [-0.4, -0.2) is 44.4 Å². The van der Waals surface area contributed by atoms with Crippen LogP contribution in [0.5, 0.6) is 0 Å². The highest BCUT2D eigenvalue weighted by Gasteiger charge is 2.32. The number of thiophene rings is 1. The number of carbonyl (C=O) groups excluding carboxylic acids is 1. The van der Waals surface area contributed by atoms with E-state index in [9.17, 15) is 13.2 Å². The highest BCUT2D eigenvalue weighted by atomic mass is 32.2. The minimum atomic E-state index is -3.67. The lowest BCUT2D eigenvalue weighted by Crippen LogP contribution is -2.45. The number of nitrogens with one attached hydrogen (secondary N) is 2. The predicted molar refractivity (Wildman–Crippen MR) is 110 cm³/mol. The van der Waals surface area contributed by atoms with Gasteiger partial charge in [0.05, 0.1) is 4.90 Å². The van der Waals surface area contributed by atoms with Gasteiger partial charge in [-0.1, -0.05) is 12.1 Å². The molecule has 150 valence electrons. The van der Waals surface area contributed by atoms with Crippen LogP contribution in [0.2, 0.25) is 0 Å². The zero-order valence-electron chi connectivity index (χ0n) is 15.6. The van der Waals surface area contributed by atoms with Crippen LogP contribution in [-0.2, 0) is 16.6 Å². The van der Waals surface area contributed by atoms with Crippen LogP contribution in [0.4, 0.5) is 0 Å². The summed E-state index contributed by atoms with van der Waals surface area (Å²) < 4.78 is 27.7. The van der Waals surface area contributed by atoms with Crippen molar-refractivity contribution in [2.45, 2.75) is 49.2 Å². The molecule has 0 atom stereocenters. The second-order valence-electron chi connectivity index (χ2n) is 7.45. The fraction of sp³-hybridized carbons (Fsp3) is 0.450. The third-order valence-corrected chi connectivity index (χ3v) is 7.63. The van der Waals surface area contributed by atoms with Crippen LogP contribution >= 0.6 is 11.3 Å². The first-order valence-electron chi connectivity index (χ1n) is 9.68. The molecular formula is C20H25N3O3S2. The first-order valence-corrected chi connectivity index (χ1v) is 12.0. The standard InChI is InChI=1S/C20H25N3O3S2/c24-20(22-16-8-10-23(11-9-16)17-6-7-17)15-3-1-5-19(13-15)28(25,26)21-14-18-4-2-12-27-18/h1-5,12-13,16-17,21H,6-11,14H2,(H,22,24). The lowest BCUT2D eigenvalue weighted by atomic mass is 10.0. The number of benzene rings is 1.